The number of nitrogens with one attached hydrogen (secondary N) is 2. The molecule has 0 aliphatic rings. The van der Waals surface area contributed by atoms with Gasteiger partial charge in [0.15, 0.2) is 10.7 Å². The van der Waals surface area contributed by atoms with Crippen molar-refractivity contribution in [1.29, 1.82) is 0 Å². The van der Waals surface area contributed by atoms with E-state index in [0.29, 0.717) is 29.7 Å². The smallest absolute Gasteiger partial charge is 0.257 e. The van der Waals surface area contributed by atoms with Crippen LogP contribution in [0.3, 0.4) is 0 Å². The summed E-state index contributed by atoms with van der Waals surface area (Å²) in [5.41, 5.74) is 5.26. The largest absolute Gasteiger partial charge is 0.491 e. The second-order valence-electron chi connectivity index (χ2n) is 8.93. The minimum absolute atomic E-state index is 0.0304. The highest BCUT2D eigenvalue weighted by molar-refractivity contribution is 7.80. The number of rotatable bonds is 7. The Labute approximate surface area is 210 Å². The molecule has 0 saturated heterocycles. The van der Waals surface area contributed by atoms with Crippen LogP contribution in [-0.4, -0.2) is 22.1 Å². The van der Waals surface area contributed by atoms with E-state index in [2.05, 4.69) is 41.6 Å². The number of nitrogens with zero attached hydrogens (tertiary/aromatic N) is 1. The Bertz CT molecular complexity index is 1340. The maximum absolute atomic E-state index is 12.5. The van der Waals surface area contributed by atoms with Crippen LogP contribution < -0.4 is 15.4 Å². The maximum Gasteiger partial charge on any atom is 0.257 e. The van der Waals surface area contributed by atoms with Gasteiger partial charge in [-0.3, -0.25) is 10.1 Å². The monoisotopic (exact) mass is 487 g/mol. The molecule has 0 atom stereocenters. The molecule has 1 amide bonds. The molecule has 1 heterocycles. The third kappa shape index (κ3) is 6.25. The number of carbonyl (C=O) groups is 1. The van der Waals surface area contributed by atoms with E-state index in [9.17, 15) is 4.79 Å². The van der Waals surface area contributed by atoms with Gasteiger partial charge in [0, 0.05) is 17.7 Å². The van der Waals surface area contributed by atoms with E-state index in [1.165, 1.54) is 5.56 Å². The molecule has 0 spiro atoms. The first-order chi connectivity index (χ1) is 16.8. The van der Waals surface area contributed by atoms with Crippen LogP contribution in [0.15, 0.2) is 71.1 Å². The van der Waals surface area contributed by atoms with Crippen molar-refractivity contribution in [3.63, 3.8) is 0 Å². The lowest BCUT2D eigenvalue weighted by atomic mass is 10.0. The van der Waals surface area contributed by atoms with Gasteiger partial charge in [0.1, 0.15) is 11.3 Å². The van der Waals surface area contributed by atoms with Crippen molar-refractivity contribution in [1.82, 2.24) is 15.6 Å². The van der Waals surface area contributed by atoms with Crippen LogP contribution in [0.2, 0.25) is 0 Å². The third-order valence-electron chi connectivity index (χ3n) is 5.43. The number of ether oxygens (including phenoxy) is 1. The zero-order chi connectivity index (χ0) is 24.9. The van der Waals surface area contributed by atoms with Gasteiger partial charge in [0.05, 0.1) is 6.10 Å². The SMILES string of the molecule is CC(C)Oc1cccc(C(=O)NC(=S)NCc2ccc(-c3nc4cc(C(C)C)ccc4o3)cc2)c1. The molecule has 0 saturated carbocycles. The molecule has 4 aromatic rings. The van der Waals surface area contributed by atoms with Crippen molar-refractivity contribution < 1.29 is 13.9 Å². The zero-order valence-corrected chi connectivity index (χ0v) is 21.1. The van der Waals surface area contributed by atoms with Crippen molar-refractivity contribution in [2.75, 3.05) is 0 Å². The molecular weight excluding hydrogens is 458 g/mol. The number of hydrogen-bond acceptors (Lipinski definition) is 5. The molecule has 1 aromatic heterocycles. The normalized spacial score (nSPS) is 11.1. The topological polar surface area (TPSA) is 76.4 Å². The Morgan fingerprint density at radius 2 is 1.80 bits per heavy atom. The van der Waals surface area contributed by atoms with Crippen molar-refractivity contribution in [2.24, 2.45) is 0 Å². The first-order valence-electron chi connectivity index (χ1n) is 11.6. The third-order valence-corrected chi connectivity index (χ3v) is 5.67. The van der Waals surface area contributed by atoms with Crippen molar-refractivity contribution in [3.05, 3.63) is 83.4 Å². The summed E-state index contributed by atoms with van der Waals surface area (Å²) in [4.78, 5) is 17.2. The fourth-order valence-electron chi connectivity index (χ4n) is 3.58. The summed E-state index contributed by atoms with van der Waals surface area (Å²) in [6, 6.07) is 21.0. The van der Waals surface area contributed by atoms with Crippen LogP contribution in [0, 0.1) is 0 Å². The number of fused-ring (bicyclic) bond motifs is 1. The molecule has 7 heteroatoms. The molecule has 6 nitrogen and oxygen atoms in total. The summed E-state index contributed by atoms with van der Waals surface area (Å²) in [5, 5.41) is 6.04. The second kappa shape index (κ2) is 10.7. The van der Waals surface area contributed by atoms with Gasteiger partial charge in [-0.05, 0) is 85.6 Å². The van der Waals surface area contributed by atoms with Crippen LogP contribution in [0.5, 0.6) is 5.75 Å². The molecule has 0 unspecified atom stereocenters. The van der Waals surface area contributed by atoms with Crippen molar-refractivity contribution >= 4 is 34.3 Å². The number of thiocarbonyl (C=S) groups is 1. The second-order valence-corrected chi connectivity index (χ2v) is 9.34. The maximum atomic E-state index is 12.5. The zero-order valence-electron chi connectivity index (χ0n) is 20.3. The summed E-state index contributed by atoms with van der Waals surface area (Å²) in [5.74, 6) is 1.38. The summed E-state index contributed by atoms with van der Waals surface area (Å²) < 4.78 is 11.6. The van der Waals surface area contributed by atoms with Gasteiger partial charge in [0.25, 0.3) is 5.91 Å². The van der Waals surface area contributed by atoms with Gasteiger partial charge in [-0.2, -0.15) is 0 Å². The Hall–Kier alpha value is -3.71. The molecule has 0 aliphatic carbocycles. The van der Waals surface area contributed by atoms with E-state index in [1.54, 1.807) is 18.2 Å². The van der Waals surface area contributed by atoms with Gasteiger partial charge >= 0.3 is 0 Å². The molecule has 0 fully saturated rings. The minimum atomic E-state index is -0.288. The van der Waals surface area contributed by atoms with Crippen molar-refractivity contribution in [3.8, 4) is 17.2 Å². The lowest BCUT2D eigenvalue weighted by molar-refractivity contribution is 0.0976. The summed E-state index contributed by atoms with van der Waals surface area (Å²) >= 11 is 5.30. The number of aromatic nitrogens is 1. The first-order valence-corrected chi connectivity index (χ1v) is 12.0. The summed E-state index contributed by atoms with van der Waals surface area (Å²) in [7, 11) is 0. The standard InChI is InChI=1S/C28H29N3O3S/c1-17(2)21-12-13-25-24(15-21)30-27(34-25)20-10-8-19(9-11-20)16-29-28(35)31-26(32)22-6-5-7-23(14-22)33-18(3)4/h5-15,17-18H,16H2,1-4H3,(H2,29,31,32,35). The molecule has 180 valence electrons. The van der Waals surface area contributed by atoms with Gasteiger partial charge < -0.3 is 14.5 Å². The van der Waals surface area contributed by atoms with Gasteiger partial charge in [-0.15, -0.1) is 0 Å². The highest BCUT2D eigenvalue weighted by atomic mass is 32.1. The fraction of sp³-hybridized carbons (Fsp3) is 0.250. The number of oxazole rings is 1. The van der Waals surface area contributed by atoms with E-state index >= 15 is 0 Å². The van der Waals surface area contributed by atoms with Gasteiger partial charge in [-0.1, -0.05) is 38.1 Å². The Kier molecular flexibility index (Phi) is 7.46. The molecule has 35 heavy (non-hydrogen) atoms. The predicted octanol–water partition coefficient (Wildman–Crippen LogP) is 6.21. The van der Waals surface area contributed by atoms with Crippen LogP contribution >= 0.6 is 12.2 Å². The van der Waals surface area contributed by atoms with E-state index in [-0.39, 0.29) is 17.1 Å². The lowest BCUT2D eigenvalue weighted by Gasteiger charge is -2.12. The van der Waals surface area contributed by atoms with Gasteiger partial charge in [0.2, 0.25) is 5.89 Å². The highest BCUT2D eigenvalue weighted by Crippen LogP contribution is 2.27. The minimum Gasteiger partial charge on any atom is -0.491 e. The number of benzene rings is 3. The molecule has 4 rings (SSSR count). The molecule has 0 bridgehead atoms. The van der Waals surface area contributed by atoms with E-state index in [0.717, 1.165) is 22.2 Å². The lowest BCUT2D eigenvalue weighted by Crippen LogP contribution is -2.38. The number of amides is 1. The fourth-order valence-corrected chi connectivity index (χ4v) is 3.74. The van der Waals surface area contributed by atoms with E-state index < -0.39 is 0 Å². The number of hydrogen-bond donors (Lipinski definition) is 2. The first kappa shape index (κ1) is 24.4. The quantitative estimate of drug-likeness (QED) is 0.302. The summed E-state index contributed by atoms with van der Waals surface area (Å²) in [6.07, 6.45) is 0.0304. The Morgan fingerprint density at radius 3 is 2.51 bits per heavy atom. The van der Waals surface area contributed by atoms with E-state index in [1.807, 2.05) is 50.2 Å². The predicted molar refractivity (Wildman–Crippen MR) is 143 cm³/mol. The summed E-state index contributed by atoms with van der Waals surface area (Å²) in [6.45, 7) is 8.67. The number of carbonyl (C=O) groups excluding carboxylic acids is 1. The van der Waals surface area contributed by atoms with Crippen molar-refractivity contribution in [2.45, 2.75) is 46.3 Å². The molecule has 0 aliphatic heterocycles. The molecule has 0 radical (unpaired) electrons. The average molecular weight is 488 g/mol. The highest BCUT2D eigenvalue weighted by Gasteiger charge is 2.12. The Morgan fingerprint density at radius 1 is 1.03 bits per heavy atom. The molecule has 2 N–H and O–H groups in total. The molecule has 3 aromatic carbocycles. The van der Waals surface area contributed by atoms with Gasteiger partial charge in [-0.25, -0.2) is 4.98 Å². The van der Waals surface area contributed by atoms with Crippen LogP contribution in [0.4, 0.5) is 0 Å². The molecular formula is C28H29N3O3S. The van der Waals surface area contributed by atoms with E-state index in [4.69, 9.17) is 21.4 Å². The van der Waals surface area contributed by atoms with Crippen LogP contribution in [-0.2, 0) is 6.54 Å². The Balaban J connectivity index is 1.34. The van der Waals surface area contributed by atoms with Crippen LogP contribution in [0.25, 0.3) is 22.6 Å². The average Bonchev–Trinajstić information content (AvgIpc) is 3.26. The van der Waals surface area contributed by atoms with Crippen LogP contribution in [0.1, 0.15) is 55.1 Å².